The average Bonchev–Trinajstić information content (AvgIpc) is 3.14. The first-order valence-corrected chi connectivity index (χ1v) is 8.54. The Morgan fingerprint density at radius 1 is 1.42 bits per heavy atom. The Balaban J connectivity index is 1.87. The van der Waals surface area contributed by atoms with Gasteiger partial charge in [-0.2, -0.15) is 0 Å². The number of nitrogens with zero attached hydrogens (tertiary/aromatic N) is 1. The van der Waals surface area contributed by atoms with Crippen LogP contribution in [0.4, 0.5) is 0 Å². The lowest BCUT2D eigenvalue weighted by molar-refractivity contribution is -0.133. The van der Waals surface area contributed by atoms with Crippen LogP contribution in [0.25, 0.3) is 0 Å². The maximum absolute atomic E-state index is 12.7. The number of methoxy groups -OCH3 is 1. The van der Waals surface area contributed by atoms with Gasteiger partial charge in [0.25, 0.3) is 0 Å². The number of H-pyrrole nitrogens is 1. The lowest BCUT2D eigenvalue weighted by Crippen LogP contribution is -2.41. The number of rotatable bonds is 3. The first-order chi connectivity index (χ1) is 11.5. The zero-order chi connectivity index (χ0) is 17.3. The van der Waals surface area contributed by atoms with Gasteiger partial charge in [0, 0.05) is 35.3 Å². The minimum atomic E-state index is -0.672. The van der Waals surface area contributed by atoms with Crippen molar-refractivity contribution in [1.29, 1.82) is 0 Å². The molecule has 0 saturated heterocycles. The summed E-state index contributed by atoms with van der Waals surface area (Å²) in [5, 5.41) is 1.94. The average molecular weight is 346 g/mol. The zero-order valence-electron chi connectivity index (χ0n) is 13.5. The molecular formula is C17H18N2O4S. The molecule has 2 aromatic rings. The Bertz CT molecular complexity index is 826. The van der Waals surface area contributed by atoms with Crippen LogP contribution >= 0.6 is 11.3 Å². The summed E-state index contributed by atoms with van der Waals surface area (Å²) >= 11 is 1.54. The summed E-state index contributed by atoms with van der Waals surface area (Å²) in [5.41, 5.74) is 0.852. The van der Waals surface area contributed by atoms with Gasteiger partial charge in [-0.3, -0.25) is 9.59 Å². The van der Waals surface area contributed by atoms with Crippen LogP contribution in [0, 0.1) is 0 Å². The van der Waals surface area contributed by atoms with E-state index in [1.165, 1.54) is 13.3 Å². The van der Waals surface area contributed by atoms with Crippen LogP contribution in [-0.4, -0.2) is 35.4 Å². The lowest BCUT2D eigenvalue weighted by Gasteiger charge is -2.30. The molecule has 0 saturated carbocycles. The van der Waals surface area contributed by atoms with E-state index in [-0.39, 0.29) is 29.4 Å². The molecule has 3 rings (SSSR count). The number of aromatic amines is 1. The maximum atomic E-state index is 12.7. The highest BCUT2D eigenvalue weighted by Gasteiger charge is 2.29. The number of amides is 1. The molecule has 0 fully saturated rings. The highest BCUT2D eigenvalue weighted by Crippen LogP contribution is 2.25. The summed E-state index contributed by atoms with van der Waals surface area (Å²) in [6.45, 7) is 2.64. The van der Waals surface area contributed by atoms with Crippen LogP contribution in [0.15, 0.2) is 28.5 Å². The molecule has 0 bridgehead atoms. The summed E-state index contributed by atoms with van der Waals surface area (Å²) in [4.78, 5) is 42.6. The van der Waals surface area contributed by atoms with Gasteiger partial charge in [0.1, 0.15) is 5.56 Å². The second kappa shape index (κ2) is 6.60. The number of hydrogen-bond acceptors (Lipinski definition) is 5. The lowest BCUT2D eigenvalue weighted by atomic mass is 10.0. The van der Waals surface area contributed by atoms with Crippen molar-refractivity contribution in [3.63, 3.8) is 0 Å². The number of aromatic nitrogens is 1. The number of thiophene rings is 1. The smallest absolute Gasteiger partial charge is 0.343 e. The molecule has 1 aliphatic heterocycles. The number of carbonyl (C=O) groups is 2. The molecule has 1 atom stereocenters. The molecule has 126 valence electrons. The van der Waals surface area contributed by atoms with Gasteiger partial charge in [0.15, 0.2) is 0 Å². The van der Waals surface area contributed by atoms with E-state index in [1.54, 1.807) is 16.2 Å². The van der Waals surface area contributed by atoms with Gasteiger partial charge in [-0.15, -0.1) is 11.3 Å². The first kappa shape index (κ1) is 16.4. The number of hydrogen-bond donors (Lipinski definition) is 1. The molecule has 0 aromatic carbocycles. The van der Waals surface area contributed by atoms with E-state index in [0.717, 1.165) is 10.6 Å². The van der Waals surface area contributed by atoms with Crippen molar-refractivity contribution in [2.75, 3.05) is 13.7 Å². The van der Waals surface area contributed by atoms with Gasteiger partial charge in [-0.05, 0) is 18.4 Å². The molecule has 2 aromatic heterocycles. The fourth-order valence-electron chi connectivity index (χ4n) is 2.90. The number of pyridine rings is 1. The molecule has 0 spiro atoms. The van der Waals surface area contributed by atoms with Crippen molar-refractivity contribution in [2.45, 2.75) is 25.8 Å². The van der Waals surface area contributed by atoms with E-state index in [1.807, 2.05) is 24.4 Å². The number of carbonyl (C=O) groups excluding carboxylic acids is 2. The molecule has 6 nitrogen and oxygen atoms in total. The fourth-order valence-corrected chi connectivity index (χ4v) is 3.68. The van der Waals surface area contributed by atoms with Crippen molar-refractivity contribution in [3.05, 3.63) is 55.6 Å². The predicted octanol–water partition coefficient (Wildman–Crippen LogP) is 1.91. The van der Waals surface area contributed by atoms with E-state index in [0.29, 0.717) is 18.5 Å². The number of fused-ring (bicyclic) bond motifs is 1. The van der Waals surface area contributed by atoms with Crippen LogP contribution in [0.1, 0.15) is 39.3 Å². The Hall–Kier alpha value is -2.41. The zero-order valence-corrected chi connectivity index (χ0v) is 14.3. The molecule has 0 radical (unpaired) electrons. The fraction of sp³-hybridized carbons (Fsp3) is 0.353. The third-order valence-corrected chi connectivity index (χ3v) is 5.37. The summed E-state index contributed by atoms with van der Waals surface area (Å²) in [6, 6.07) is 3.86. The van der Waals surface area contributed by atoms with Crippen LogP contribution in [0.5, 0.6) is 0 Å². The molecule has 1 unspecified atom stereocenters. The molecule has 1 amide bonds. The minimum absolute atomic E-state index is 0.00836. The Kier molecular flexibility index (Phi) is 4.53. The second-order valence-corrected chi connectivity index (χ2v) is 6.71. The van der Waals surface area contributed by atoms with Crippen LogP contribution in [0.2, 0.25) is 0 Å². The monoisotopic (exact) mass is 346 g/mol. The van der Waals surface area contributed by atoms with Crippen LogP contribution in [0.3, 0.4) is 0 Å². The molecule has 7 heteroatoms. The van der Waals surface area contributed by atoms with Crippen molar-refractivity contribution in [1.82, 2.24) is 9.88 Å². The molecule has 1 aliphatic rings. The van der Waals surface area contributed by atoms with Gasteiger partial charge < -0.3 is 14.6 Å². The number of esters is 1. The van der Waals surface area contributed by atoms with Crippen molar-refractivity contribution in [3.8, 4) is 0 Å². The maximum Gasteiger partial charge on any atom is 0.343 e. The van der Waals surface area contributed by atoms with E-state index < -0.39 is 5.97 Å². The van der Waals surface area contributed by atoms with Crippen molar-refractivity contribution < 1.29 is 14.3 Å². The van der Waals surface area contributed by atoms with Crippen molar-refractivity contribution >= 4 is 23.2 Å². The first-order valence-electron chi connectivity index (χ1n) is 7.67. The van der Waals surface area contributed by atoms with E-state index in [2.05, 4.69) is 9.72 Å². The van der Waals surface area contributed by atoms with E-state index >= 15 is 0 Å². The quantitative estimate of drug-likeness (QED) is 0.861. The summed E-state index contributed by atoms with van der Waals surface area (Å²) < 4.78 is 4.63. The molecular weight excluding hydrogens is 328 g/mol. The van der Waals surface area contributed by atoms with E-state index in [9.17, 15) is 14.4 Å². The summed E-state index contributed by atoms with van der Waals surface area (Å²) in [7, 11) is 1.24. The molecule has 1 N–H and O–H groups in total. The predicted molar refractivity (Wildman–Crippen MR) is 90.3 cm³/mol. The Labute approximate surface area is 143 Å². The normalized spacial score (nSPS) is 14.8. The highest BCUT2D eigenvalue weighted by atomic mass is 32.1. The summed E-state index contributed by atoms with van der Waals surface area (Å²) in [6.07, 6.45) is 1.95. The minimum Gasteiger partial charge on any atom is -0.465 e. The largest absolute Gasteiger partial charge is 0.465 e. The second-order valence-electron chi connectivity index (χ2n) is 5.73. The molecule has 0 aliphatic carbocycles. The summed E-state index contributed by atoms with van der Waals surface area (Å²) in [5.74, 6) is -0.921. The standard InChI is InChI=1S/C17H18N2O4S/c1-10(14-4-3-7-24-14)16(21)19-6-5-13-12(9-19)15(20)11(8-18-13)17(22)23-2/h3-4,7-8,10H,5-6,9H2,1-2H3,(H,18,20). The van der Waals surface area contributed by atoms with Crippen LogP contribution < -0.4 is 5.43 Å². The SMILES string of the molecule is COC(=O)c1c[nH]c2c(c1=O)CN(C(=O)C(C)c1cccs1)CC2. The van der Waals surface area contributed by atoms with Gasteiger partial charge >= 0.3 is 5.97 Å². The Morgan fingerprint density at radius 2 is 2.21 bits per heavy atom. The van der Waals surface area contributed by atoms with Gasteiger partial charge in [-0.1, -0.05) is 6.07 Å². The highest BCUT2D eigenvalue weighted by molar-refractivity contribution is 7.10. The third-order valence-electron chi connectivity index (χ3n) is 4.31. The number of ether oxygens (including phenoxy) is 1. The van der Waals surface area contributed by atoms with Crippen molar-refractivity contribution in [2.24, 2.45) is 0 Å². The number of nitrogens with one attached hydrogen (secondary N) is 1. The third kappa shape index (κ3) is 2.87. The van der Waals surface area contributed by atoms with Gasteiger partial charge in [0.05, 0.1) is 19.6 Å². The van der Waals surface area contributed by atoms with Gasteiger partial charge in [-0.25, -0.2) is 4.79 Å². The van der Waals surface area contributed by atoms with Crippen LogP contribution in [-0.2, 0) is 22.5 Å². The Morgan fingerprint density at radius 3 is 2.88 bits per heavy atom. The van der Waals surface area contributed by atoms with E-state index in [4.69, 9.17) is 0 Å². The molecule has 3 heterocycles. The van der Waals surface area contributed by atoms with Gasteiger partial charge in [0.2, 0.25) is 11.3 Å². The topological polar surface area (TPSA) is 79.5 Å². The molecule has 24 heavy (non-hydrogen) atoms.